The van der Waals surface area contributed by atoms with E-state index < -0.39 is 5.97 Å². The number of para-hydroxylation sites is 1. The average Bonchev–Trinajstić information content (AvgIpc) is 2.77. The average molecular weight is 419 g/mol. The van der Waals surface area contributed by atoms with Crippen LogP contribution in [0.25, 0.3) is 0 Å². The molecule has 29 heavy (non-hydrogen) atoms. The molecular formula is C21H23ClN2O5. The van der Waals surface area contributed by atoms with Crippen LogP contribution in [-0.2, 0) is 9.53 Å². The van der Waals surface area contributed by atoms with Crippen molar-refractivity contribution in [2.45, 2.75) is 0 Å². The minimum absolute atomic E-state index is 0.232. The van der Waals surface area contributed by atoms with Crippen molar-refractivity contribution < 1.29 is 23.8 Å². The van der Waals surface area contributed by atoms with Crippen molar-refractivity contribution in [1.29, 1.82) is 0 Å². The summed E-state index contributed by atoms with van der Waals surface area (Å²) in [4.78, 5) is 28.6. The molecule has 2 aromatic carbocycles. The van der Waals surface area contributed by atoms with E-state index in [1.54, 1.807) is 23.1 Å². The Morgan fingerprint density at radius 1 is 1.00 bits per heavy atom. The van der Waals surface area contributed by atoms with E-state index in [0.29, 0.717) is 42.7 Å². The topological polar surface area (TPSA) is 68.3 Å². The number of nitrogens with zero attached hydrogens (tertiary/aromatic N) is 2. The van der Waals surface area contributed by atoms with Gasteiger partial charge in [0, 0.05) is 32.2 Å². The number of hydrogen-bond acceptors (Lipinski definition) is 6. The Hall–Kier alpha value is -2.93. The first-order chi connectivity index (χ1) is 14.0. The molecule has 1 aliphatic rings. The molecule has 0 aromatic heterocycles. The Kier molecular flexibility index (Phi) is 6.82. The Balaban J connectivity index is 1.53. The van der Waals surface area contributed by atoms with Crippen molar-refractivity contribution in [3.8, 4) is 11.5 Å². The molecule has 0 aliphatic carbocycles. The first kappa shape index (κ1) is 20.8. The number of halogens is 1. The Bertz CT molecular complexity index is 881. The molecule has 0 N–H and O–H groups in total. The fraction of sp³-hybridized carbons (Fsp3) is 0.333. The number of amides is 1. The number of esters is 1. The van der Waals surface area contributed by atoms with E-state index in [-0.39, 0.29) is 18.1 Å². The highest BCUT2D eigenvalue weighted by Crippen LogP contribution is 2.27. The van der Waals surface area contributed by atoms with Gasteiger partial charge in [-0.25, -0.2) is 4.79 Å². The third kappa shape index (κ3) is 4.92. The van der Waals surface area contributed by atoms with Gasteiger partial charge in [0.05, 0.1) is 24.9 Å². The van der Waals surface area contributed by atoms with Crippen LogP contribution in [0, 0.1) is 0 Å². The van der Waals surface area contributed by atoms with E-state index in [0.717, 1.165) is 5.69 Å². The molecule has 2 aromatic rings. The smallest absolute Gasteiger partial charge is 0.342 e. The van der Waals surface area contributed by atoms with Gasteiger partial charge in [-0.05, 0) is 24.3 Å². The number of rotatable bonds is 6. The SMILES string of the molecule is COc1ccc(C(=O)OCC(=O)N2CCN(c3ccccc3Cl)CC2)c(OC)c1. The fourth-order valence-corrected chi connectivity index (χ4v) is 3.42. The first-order valence-electron chi connectivity index (χ1n) is 9.20. The van der Waals surface area contributed by atoms with Crippen molar-refractivity contribution >= 4 is 29.2 Å². The number of anilines is 1. The van der Waals surface area contributed by atoms with Crippen LogP contribution in [-0.4, -0.2) is 63.8 Å². The van der Waals surface area contributed by atoms with E-state index in [9.17, 15) is 9.59 Å². The van der Waals surface area contributed by atoms with Gasteiger partial charge in [-0.15, -0.1) is 0 Å². The predicted molar refractivity (Wildman–Crippen MR) is 110 cm³/mol. The van der Waals surface area contributed by atoms with E-state index >= 15 is 0 Å². The summed E-state index contributed by atoms with van der Waals surface area (Å²) in [5.41, 5.74) is 1.20. The van der Waals surface area contributed by atoms with Crippen LogP contribution >= 0.6 is 11.6 Å². The van der Waals surface area contributed by atoms with Crippen LogP contribution in [0.2, 0.25) is 5.02 Å². The number of ether oxygens (including phenoxy) is 3. The van der Waals surface area contributed by atoms with Gasteiger partial charge in [-0.3, -0.25) is 4.79 Å². The van der Waals surface area contributed by atoms with Crippen molar-refractivity contribution in [3.05, 3.63) is 53.1 Å². The zero-order valence-corrected chi connectivity index (χ0v) is 17.1. The molecule has 1 fully saturated rings. The molecule has 0 saturated carbocycles. The lowest BCUT2D eigenvalue weighted by Gasteiger charge is -2.36. The Morgan fingerprint density at radius 3 is 2.38 bits per heavy atom. The molecule has 0 atom stereocenters. The lowest BCUT2D eigenvalue weighted by Crippen LogP contribution is -2.50. The second-order valence-electron chi connectivity index (χ2n) is 6.46. The van der Waals surface area contributed by atoms with Crippen molar-refractivity contribution in [1.82, 2.24) is 4.90 Å². The summed E-state index contributed by atoms with van der Waals surface area (Å²) in [5.74, 6) is 0.0400. The lowest BCUT2D eigenvalue weighted by atomic mass is 10.2. The molecule has 154 valence electrons. The molecule has 1 heterocycles. The number of hydrogen-bond donors (Lipinski definition) is 0. The molecule has 1 amide bonds. The Labute approximate surface area is 174 Å². The summed E-state index contributed by atoms with van der Waals surface area (Å²) in [5, 5.41) is 0.689. The van der Waals surface area contributed by atoms with Crippen LogP contribution in [0.4, 0.5) is 5.69 Å². The second kappa shape index (κ2) is 9.52. The van der Waals surface area contributed by atoms with Gasteiger partial charge >= 0.3 is 5.97 Å². The number of benzene rings is 2. The van der Waals surface area contributed by atoms with Crippen LogP contribution in [0.5, 0.6) is 11.5 Å². The normalized spacial score (nSPS) is 13.8. The maximum atomic E-state index is 12.5. The number of carbonyl (C=O) groups excluding carboxylic acids is 2. The summed E-state index contributed by atoms with van der Waals surface area (Å²) >= 11 is 6.25. The predicted octanol–water partition coefficient (Wildman–Crippen LogP) is 2.86. The van der Waals surface area contributed by atoms with Gasteiger partial charge in [0.15, 0.2) is 6.61 Å². The maximum absolute atomic E-state index is 12.5. The lowest BCUT2D eigenvalue weighted by molar-refractivity contribution is -0.134. The van der Waals surface area contributed by atoms with Crippen molar-refractivity contribution in [2.75, 3.05) is 51.9 Å². The third-order valence-electron chi connectivity index (χ3n) is 4.78. The highest BCUT2D eigenvalue weighted by atomic mass is 35.5. The summed E-state index contributed by atoms with van der Waals surface area (Å²) < 4.78 is 15.5. The molecule has 0 bridgehead atoms. The third-order valence-corrected chi connectivity index (χ3v) is 5.10. The van der Waals surface area contributed by atoms with Gasteiger partial charge in [0.25, 0.3) is 5.91 Å². The molecule has 1 saturated heterocycles. The summed E-state index contributed by atoms with van der Waals surface area (Å²) in [6.45, 7) is 2.08. The standard InChI is InChI=1S/C21H23ClN2O5/c1-27-15-7-8-16(19(13-15)28-2)21(26)29-14-20(25)24-11-9-23(10-12-24)18-6-4-3-5-17(18)22/h3-8,13H,9-12,14H2,1-2H3. The molecule has 3 rings (SSSR count). The van der Waals surface area contributed by atoms with Crippen LogP contribution in [0.3, 0.4) is 0 Å². The quantitative estimate of drug-likeness (QED) is 0.672. The number of carbonyl (C=O) groups is 2. The van der Waals surface area contributed by atoms with Crippen molar-refractivity contribution in [2.24, 2.45) is 0 Å². The molecular weight excluding hydrogens is 396 g/mol. The van der Waals surface area contributed by atoms with Gasteiger partial charge in [0.1, 0.15) is 17.1 Å². The van der Waals surface area contributed by atoms with Crippen LogP contribution in [0.15, 0.2) is 42.5 Å². The molecule has 7 nitrogen and oxygen atoms in total. The largest absolute Gasteiger partial charge is 0.497 e. The zero-order valence-electron chi connectivity index (χ0n) is 16.4. The molecule has 8 heteroatoms. The van der Waals surface area contributed by atoms with E-state index in [1.165, 1.54) is 14.2 Å². The maximum Gasteiger partial charge on any atom is 0.342 e. The number of piperazine rings is 1. The van der Waals surface area contributed by atoms with Crippen molar-refractivity contribution in [3.63, 3.8) is 0 Å². The minimum Gasteiger partial charge on any atom is -0.497 e. The molecule has 1 aliphatic heterocycles. The monoisotopic (exact) mass is 418 g/mol. The molecule has 0 spiro atoms. The van der Waals surface area contributed by atoms with E-state index in [4.69, 9.17) is 25.8 Å². The fourth-order valence-electron chi connectivity index (χ4n) is 3.17. The summed E-state index contributed by atoms with van der Waals surface area (Å²) in [6, 6.07) is 12.4. The second-order valence-corrected chi connectivity index (χ2v) is 6.87. The van der Waals surface area contributed by atoms with E-state index in [1.807, 2.05) is 24.3 Å². The van der Waals surface area contributed by atoms with E-state index in [2.05, 4.69) is 4.90 Å². The highest BCUT2D eigenvalue weighted by Gasteiger charge is 2.24. The van der Waals surface area contributed by atoms with Gasteiger partial charge in [-0.2, -0.15) is 0 Å². The zero-order chi connectivity index (χ0) is 20.8. The Morgan fingerprint density at radius 2 is 1.72 bits per heavy atom. The summed E-state index contributed by atoms with van der Waals surface area (Å²) in [7, 11) is 2.98. The van der Waals surface area contributed by atoms with Gasteiger partial charge in [0.2, 0.25) is 0 Å². The van der Waals surface area contributed by atoms with Crippen LogP contribution < -0.4 is 14.4 Å². The highest BCUT2D eigenvalue weighted by molar-refractivity contribution is 6.33. The van der Waals surface area contributed by atoms with Crippen LogP contribution in [0.1, 0.15) is 10.4 Å². The minimum atomic E-state index is -0.618. The summed E-state index contributed by atoms with van der Waals surface area (Å²) in [6.07, 6.45) is 0. The molecule has 0 unspecified atom stereocenters. The number of methoxy groups -OCH3 is 2. The molecule has 0 radical (unpaired) electrons. The van der Waals surface area contributed by atoms with Gasteiger partial charge in [-0.1, -0.05) is 23.7 Å². The first-order valence-corrected chi connectivity index (χ1v) is 9.57. The van der Waals surface area contributed by atoms with Gasteiger partial charge < -0.3 is 24.0 Å².